The Balaban J connectivity index is 3.08. The normalized spacial score (nSPS) is 9.12. The van der Waals surface area contributed by atoms with Crippen molar-refractivity contribution in [2.45, 2.75) is 6.92 Å². The highest BCUT2D eigenvalue weighted by molar-refractivity contribution is 6.32. The van der Waals surface area contributed by atoms with Crippen molar-refractivity contribution in [3.8, 4) is 0 Å². The third-order valence-corrected chi connectivity index (χ3v) is 1.80. The number of benzene rings is 1. The summed E-state index contributed by atoms with van der Waals surface area (Å²) in [7, 11) is 0. The van der Waals surface area contributed by atoms with Crippen LogP contribution in [-0.2, 0) is 0 Å². The average Bonchev–Trinajstić information content (AvgIpc) is 1.64. The molecule has 1 aromatic rings. The van der Waals surface area contributed by atoms with Crippen molar-refractivity contribution in [1.29, 1.82) is 0 Å². The van der Waals surface area contributed by atoms with Crippen LogP contribution in [0.4, 0.5) is 0 Å². The quantitative estimate of drug-likeness (QED) is 0.431. The minimum absolute atomic E-state index is 1.17. The molecule has 0 aliphatic rings. The van der Waals surface area contributed by atoms with Crippen molar-refractivity contribution in [2.24, 2.45) is 0 Å². The van der Waals surface area contributed by atoms with E-state index < -0.39 is 0 Å². The molecule has 0 atom stereocenters. The number of rotatable bonds is 0. The summed E-state index contributed by atoms with van der Waals surface area (Å²) in [6.45, 7) is 2.13. The molecule has 8 heavy (non-hydrogen) atoms. The summed E-state index contributed by atoms with van der Waals surface area (Å²) in [6, 6.07) is 8.63. The van der Waals surface area contributed by atoms with Crippen molar-refractivity contribution in [3.05, 3.63) is 29.8 Å². The van der Waals surface area contributed by atoms with Gasteiger partial charge in [-0.05, 0) is 6.92 Å². The largest absolute Gasteiger partial charge is 0.258 e. The molecule has 0 aromatic heterocycles. The maximum absolute atomic E-state index is 2.23. The second-order valence-corrected chi connectivity index (χ2v) is 3.31. The van der Waals surface area contributed by atoms with Gasteiger partial charge in [-0.15, -0.1) is 4.43 Å². The average molecular weight is 120 g/mol. The van der Waals surface area contributed by atoms with Crippen LogP contribution < -0.4 is 4.43 Å². The molecule has 0 fully saturated rings. The zero-order chi connectivity index (χ0) is 5.98. The van der Waals surface area contributed by atoms with Gasteiger partial charge in [0.05, 0.1) is 0 Å². The second-order valence-electron chi connectivity index (χ2n) is 2.16. The number of hydrogen-bond donors (Lipinski definition) is 0. The molecule has 0 unspecified atom stereocenters. The van der Waals surface area contributed by atoms with Crippen LogP contribution in [0.5, 0.6) is 0 Å². The van der Waals surface area contributed by atoms with Crippen LogP contribution in [0.1, 0.15) is 5.56 Å². The first-order chi connectivity index (χ1) is 3.79. The van der Waals surface area contributed by atoms with E-state index in [-0.39, 0.29) is 0 Å². The molecule has 0 spiro atoms. The van der Waals surface area contributed by atoms with E-state index in [4.69, 9.17) is 0 Å². The maximum Gasteiger partial charge on any atom is 0.258 e. The summed E-state index contributed by atoms with van der Waals surface area (Å²) in [4.78, 5) is 0. The summed E-state index contributed by atoms with van der Waals surface area (Å²) in [5, 5.41) is 0. The third-order valence-electron chi connectivity index (χ3n) is 1.17. The maximum atomic E-state index is 2.23. The molecule has 0 aliphatic heterocycles. The van der Waals surface area contributed by atoms with E-state index >= 15 is 0 Å². The Morgan fingerprint density at radius 1 is 1.38 bits per heavy atom. The molecule has 0 heterocycles. The fraction of sp³-hybridized carbons (Fsp3) is 0.143. The fourth-order valence-electron chi connectivity index (χ4n) is 0.807. The van der Waals surface area contributed by atoms with E-state index in [2.05, 4.69) is 31.2 Å². The van der Waals surface area contributed by atoms with Crippen LogP contribution in [0.3, 0.4) is 0 Å². The first kappa shape index (κ1) is 5.88. The summed E-state index contributed by atoms with van der Waals surface area (Å²) < 4.78 is 1.48. The van der Waals surface area contributed by atoms with Gasteiger partial charge < -0.3 is 0 Å². The van der Waals surface area contributed by atoms with Gasteiger partial charge >= 0.3 is 0 Å². The smallest absolute Gasteiger partial charge is 0.120 e. The van der Waals surface area contributed by atoms with Gasteiger partial charge in [0.1, 0.15) is 0 Å². The molecule has 1 rings (SSSR count). The van der Waals surface area contributed by atoms with E-state index in [1.54, 1.807) is 0 Å². The van der Waals surface area contributed by atoms with Crippen LogP contribution in [0.25, 0.3) is 0 Å². The summed E-state index contributed by atoms with van der Waals surface area (Å²) in [6.07, 6.45) is 0. The summed E-state index contributed by atoms with van der Waals surface area (Å²) in [5.41, 5.74) is 1.37. The van der Waals surface area contributed by atoms with Crippen molar-refractivity contribution in [3.63, 3.8) is 0 Å². The standard InChI is InChI=1S/C7H7.Al.2H/c1-7-5-3-2-4-6-7;;;/h2-3,5-6H,1H3;;;. The Morgan fingerprint density at radius 2 is 2.12 bits per heavy atom. The molecule has 1 aromatic carbocycles. The zero-order valence-electron chi connectivity index (χ0n) is 5.31. The molecular formula is C7H9Al. The molecule has 0 saturated heterocycles. The topological polar surface area (TPSA) is 0 Å². The zero-order valence-corrected chi connectivity index (χ0v) is 7.31. The minimum atomic E-state index is 1.17. The van der Waals surface area contributed by atoms with Crippen molar-refractivity contribution < 1.29 is 0 Å². The van der Waals surface area contributed by atoms with Gasteiger partial charge in [-0.25, -0.2) is 0 Å². The molecule has 1 heteroatoms. The van der Waals surface area contributed by atoms with Crippen LogP contribution in [0, 0.1) is 6.92 Å². The Morgan fingerprint density at radius 3 is 2.50 bits per heavy atom. The van der Waals surface area contributed by atoms with Gasteiger partial charge in [-0.3, -0.25) is 0 Å². The molecule has 0 amide bonds. The highest BCUT2D eigenvalue weighted by Crippen LogP contribution is 1.89. The van der Waals surface area contributed by atoms with Crippen LogP contribution in [-0.4, -0.2) is 16.3 Å². The molecule has 0 saturated carbocycles. The minimum Gasteiger partial charge on any atom is -0.120 e. The molecule has 0 bridgehead atoms. The van der Waals surface area contributed by atoms with Crippen LogP contribution in [0.2, 0.25) is 0 Å². The first-order valence-corrected chi connectivity index (χ1v) is 3.82. The van der Waals surface area contributed by atoms with E-state index in [1.165, 1.54) is 26.3 Å². The van der Waals surface area contributed by atoms with Crippen LogP contribution in [0.15, 0.2) is 24.3 Å². The number of aryl methyl sites for hydroxylation is 1. The summed E-state index contributed by atoms with van der Waals surface area (Å²) in [5.74, 6) is 0. The van der Waals surface area contributed by atoms with Gasteiger partial charge in [0.25, 0.3) is 16.3 Å². The second kappa shape index (κ2) is 2.35. The fourth-order valence-corrected chi connectivity index (χ4v) is 1.45. The lowest BCUT2D eigenvalue weighted by atomic mass is 10.2. The molecule has 0 aliphatic carbocycles. The Bertz CT molecular complexity index is 164. The molecule has 40 valence electrons. The predicted octanol–water partition coefficient (Wildman–Crippen LogP) is 0.253. The molecular weight excluding hydrogens is 111 g/mol. The van der Waals surface area contributed by atoms with E-state index in [9.17, 15) is 0 Å². The SMILES string of the molecule is Cc1ccc[c]([AlH2])c1. The molecule has 0 nitrogen and oxygen atoms in total. The van der Waals surface area contributed by atoms with E-state index in [1.807, 2.05) is 0 Å². The Kier molecular flexibility index (Phi) is 1.73. The number of hydrogen-bond acceptors (Lipinski definition) is 0. The van der Waals surface area contributed by atoms with Gasteiger partial charge in [0.15, 0.2) is 0 Å². The highest BCUT2D eigenvalue weighted by atomic mass is 27.0. The van der Waals surface area contributed by atoms with E-state index in [0.717, 1.165) is 0 Å². The van der Waals surface area contributed by atoms with Crippen molar-refractivity contribution in [2.75, 3.05) is 0 Å². The lowest BCUT2D eigenvalue weighted by molar-refractivity contribution is 1.50. The van der Waals surface area contributed by atoms with E-state index in [0.29, 0.717) is 0 Å². The predicted molar refractivity (Wildman–Crippen MR) is 39.4 cm³/mol. The van der Waals surface area contributed by atoms with Crippen molar-refractivity contribution in [1.82, 2.24) is 0 Å². The van der Waals surface area contributed by atoms with Gasteiger partial charge in [0, 0.05) is 0 Å². The van der Waals surface area contributed by atoms with Gasteiger partial charge in [0.2, 0.25) is 0 Å². The molecule has 0 N–H and O–H groups in total. The summed E-state index contributed by atoms with van der Waals surface area (Å²) >= 11 is 1.17. The van der Waals surface area contributed by atoms with Gasteiger partial charge in [-0.1, -0.05) is 29.8 Å². The van der Waals surface area contributed by atoms with Crippen LogP contribution >= 0.6 is 0 Å². The lowest BCUT2D eigenvalue weighted by Crippen LogP contribution is -1.99. The first-order valence-electron chi connectivity index (χ1n) is 2.82. The van der Waals surface area contributed by atoms with Crippen molar-refractivity contribution >= 4 is 20.7 Å². The highest BCUT2D eigenvalue weighted by Gasteiger charge is 1.80. The Hall–Kier alpha value is -0.248. The Labute approximate surface area is 58.0 Å². The van der Waals surface area contributed by atoms with Gasteiger partial charge in [-0.2, -0.15) is 0 Å². The third kappa shape index (κ3) is 1.37. The molecule has 0 radical (unpaired) electrons. The monoisotopic (exact) mass is 120 g/mol. The lowest BCUT2D eigenvalue weighted by Gasteiger charge is -1.91.